The summed E-state index contributed by atoms with van der Waals surface area (Å²) in [6.07, 6.45) is 1.88. The van der Waals surface area contributed by atoms with Gasteiger partial charge in [0.1, 0.15) is 18.1 Å². The molecule has 0 aromatic heterocycles. The summed E-state index contributed by atoms with van der Waals surface area (Å²) in [6, 6.07) is 21.5. The predicted octanol–water partition coefficient (Wildman–Crippen LogP) is 6.97. The van der Waals surface area contributed by atoms with Crippen LogP contribution in [0.2, 0.25) is 0 Å². The molecule has 5 nitrogen and oxygen atoms in total. The van der Waals surface area contributed by atoms with Crippen molar-refractivity contribution in [2.45, 2.75) is 20.5 Å². The Bertz CT molecular complexity index is 1240. The van der Waals surface area contributed by atoms with Gasteiger partial charge in [0.2, 0.25) is 0 Å². The maximum absolute atomic E-state index is 13.1. The number of hydrogen-bond acceptors (Lipinski definition) is 5. The number of hydrogen-bond donors (Lipinski definition) is 0. The first-order chi connectivity index (χ1) is 16.5. The molecular weight excluding hydrogens is 512 g/mol. The molecule has 0 saturated carbocycles. The van der Waals surface area contributed by atoms with Crippen LogP contribution in [0.15, 0.2) is 81.1 Å². The van der Waals surface area contributed by atoms with Crippen LogP contribution in [0, 0.1) is 6.92 Å². The number of carbonyl (C=O) groups is 1. The van der Waals surface area contributed by atoms with E-state index in [1.54, 1.807) is 12.0 Å². The number of methoxy groups -OCH3 is 1. The van der Waals surface area contributed by atoms with Crippen molar-refractivity contribution in [1.82, 2.24) is 4.90 Å². The lowest BCUT2D eigenvalue weighted by Crippen LogP contribution is -2.28. The highest BCUT2D eigenvalue weighted by molar-refractivity contribution is 9.10. The number of amides is 1. The zero-order valence-electron chi connectivity index (χ0n) is 19.2. The third-order valence-corrected chi connectivity index (χ3v) is 6.77. The van der Waals surface area contributed by atoms with E-state index in [2.05, 4.69) is 47.1 Å². The standard InChI is InChI=1S/C27H25BrN2O3S/c1-4-30-26(31)25(34-27(30)29-22-10-12-23(32-3)13-11-22)16-20-15-21(28)9-14-24(20)33-17-19-7-5-18(2)6-8-19/h5-16H,4,17H2,1-3H3/b25-16+,29-27?. The molecule has 3 aromatic rings. The zero-order valence-corrected chi connectivity index (χ0v) is 21.7. The summed E-state index contributed by atoms with van der Waals surface area (Å²) < 4.78 is 12.2. The molecule has 1 heterocycles. The number of halogens is 1. The van der Waals surface area contributed by atoms with Crippen molar-refractivity contribution in [3.63, 3.8) is 0 Å². The normalized spacial score (nSPS) is 15.9. The Labute approximate surface area is 212 Å². The minimum absolute atomic E-state index is 0.0655. The Morgan fingerprint density at radius 3 is 2.47 bits per heavy atom. The van der Waals surface area contributed by atoms with Crippen molar-refractivity contribution in [2.24, 2.45) is 4.99 Å². The molecule has 0 spiro atoms. The van der Waals surface area contributed by atoms with Gasteiger partial charge in [-0.25, -0.2) is 4.99 Å². The van der Waals surface area contributed by atoms with Crippen molar-refractivity contribution < 1.29 is 14.3 Å². The van der Waals surface area contributed by atoms with Gasteiger partial charge in [-0.2, -0.15) is 0 Å². The number of carbonyl (C=O) groups excluding carboxylic acids is 1. The van der Waals surface area contributed by atoms with Gasteiger partial charge < -0.3 is 9.47 Å². The summed E-state index contributed by atoms with van der Waals surface area (Å²) >= 11 is 4.90. The molecule has 7 heteroatoms. The molecule has 3 aromatic carbocycles. The van der Waals surface area contributed by atoms with Crippen molar-refractivity contribution in [3.8, 4) is 11.5 Å². The summed E-state index contributed by atoms with van der Waals surface area (Å²) in [6.45, 7) is 4.99. The van der Waals surface area contributed by atoms with Crippen LogP contribution in [-0.2, 0) is 11.4 Å². The van der Waals surface area contributed by atoms with E-state index in [1.807, 2.05) is 55.5 Å². The number of benzene rings is 3. The number of aliphatic imine (C=N–C) groups is 1. The Balaban J connectivity index is 1.59. The molecule has 1 fully saturated rings. The second-order valence-corrected chi connectivity index (χ2v) is 9.63. The smallest absolute Gasteiger partial charge is 0.266 e. The highest BCUT2D eigenvalue weighted by Gasteiger charge is 2.32. The molecule has 174 valence electrons. The molecule has 0 radical (unpaired) electrons. The molecular formula is C27H25BrN2O3S. The van der Waals surface area contributed by atoms with Gasteiger partial charge in [0.05, 0.1) is 17.7 Å². The van der Waals surface area contributed by atoms with Crippen LogP contribution in [0.4, 0.5) is 5.69 Å². The quantitative estimate of drug-likeness (QED) is 0.306. The first-order valence-electron chi connectivity index (χ1n) is 10.9. The fraction of sp³-hybridized carbons (Fsp3) is 0.185. The van der Waals surface area contributed by atoms with Gasteiger partial charge in [-0.3, -0.25) is 9.69 Å². The van der Waals surface area contributed by atoms with E-state index in [0.29, 0.717) is 29.0 Å². The molecule has 1 aliphatic rings. The molecule has 1 amide bonds. The number of ether oxygens (including phenoxy) is 2. The molecule has 0 atom stereocenters. The first kappa shape index (κ1) is 24.1. The maximum atomic E-state index is 13.1. The Morgan fingerprint density at radius 2 is 1.79 bits per heavy atom. The SMILES string of the molecule is CCN1C(=O)/C(=C\c2cc(Br)ccc2OCc2ccc(C)cc2)SC1=Nc1ccc(OC)cc1. The third kappa shape index (κ3) is 5.72. The number of amidine groups is 1. The highest BCUT2D eigenvalue weighted by atomic mass is 79.9. The van der Waals surface area contributed by atoms with E-state index in [0.717, 1.165) is 27.0 Å². The van der Waals surface area contributed by atoms with E-state index >= 15 is 0 Å². The van der Waals surface area contributed by atoms with E-state index in [1.165, 1.54) is 17.3 Å². The maximum Gasteiger partial charge on any atom is 0.266 e. The average molecular weight is 537 g/mol. The van der Waals surface area contributed by atoms with Gasteiger partial charge in [0.25, 0.3) is 5.91 Å². The first-order valence-corrected chi connectivity index (χ1v) is 12.5. The van der Waals surface area contributed by atoms with E-state index in [-0.39, 0.29) is 5.91 Å². The van der Waals surface area contributed by atoms with Gasteiger partial charge in [-0.1, -0.05) is 45.8 Å². The predicted molar refractivity (Wildman–Crippen MR) is 143 cm³/mol. The lowest BCUT2D eigenvalue weighted by atomic mass is 10.1. The van der Waals surface area contributed by atoms with Crippen molar-refractivity contribution in [3.05, 3.63) is 92.8 Å². The lowest BCUT2D eigenvalue weighted by Gasteiger charge is -2.12. The second-order valence-electron chi connectivity index (χ2n) is 7.71. The third-order valence-electron chi connectivity index (χ3n) is 5.27. The zero-order chi connectivity index (χ0) is 24.1. The lowest BCUT2D eigenvalue weighted by molar-refractivity contribution is -0.122. The van der Waals surface area contributed by atoms with Crippen LogP contribution in [0.25, 0.3) is 6.08 Å². The fourth-order valence-corrected chi connectivity index (χ4v) is 4.82. The van der Waals surface area contributed by atoms with Crippen LogP contribution < -0.4 is 9.47 Å². The molecule has 1 saturated heterocycles. The monoisotopic (exact) mass is 536 g/mol. The van der Waals surface area contributed by atoms with Crippen molar-refractivity contribution in [2.75, 3.05) is 13.7 Å². The minimum atomic E-state index is -0.0655. The molecule has 0 N–H and O–H groups in total. The van der Waals surface area contributed by atoms with Gasteiger partial charge in [-0.15, -0.1) is 0 Å². The highest BCUT2D eigenvalue weighted by Crippen LogP contribution is 2.36. The van der Waals surface area contributed by atoms with Crippen molar-refractivity contribution in [1.29, 1.82) is 0 Å². The number of nitrogens with zero attached hydrogens (tertiary/aromatic N) is 2. The molecule has 0 unspecified atom stereocenters. The summed E-state index contributed by atoms with van der Waals surface area (Å²) in [5.41, 5.74) is 3.89. The molecule has 4 rings (SSSR count). The van der Waals surface area contributed by atoms with Crippen LogP contribution in [0.3, 0.4) is 0 Å². The molecule has 0 bridgehead atoms. The fourth-order valence-electron chi connectivity index (χ4n) is 3.39. The van der Waals surface area contributed by atoms with Gasteiger partial charge >= 0.3 is 0 Å². The minimum Gasteiger partial charge on any atom is -0.497 e. The Kier molecular flexibility index (Phi) is 7.75. The van der Waals surface area contributed by atoms with Gasteiger partial charge in [-0.05, 0) is 79.7 Å². The topological polar surface area (TPSA) is 51.1 Å². The molecule has 0 aliphatic carbocycles. The average Bonchev–Trinajstić information content (AvgIpc) is 3.13. The van der Waals surface area contributed by atoms with Crippen molar-refractivity contribution >= 4 is 50.5 Å². The Hall–Kier alpha value is -3.03. The van der Waals surface area contributed by atoms with E-state index < -0.39 is 0 Å². The largest absolute Gasteiger partial charge is 0.497 e. The van der Waals surface area contributed by atoms with Gasteiger partial charge in [0, 0.05) is 16.6 Å². The van der Waals surface area contributed by atoms with Gasteiger partial charge in [0.15, 0.2) is 5.17 Å². The van der Waals surface area contributed by atoms with E-state index in [4.69, 9.17) is 14.5 Å². The summed E-state index contributed by atoms with van der Waals surface area (Å²) in [7, 11) is 1.63. The van der Waals surface area contributed by atoms with Crippen LogP contribution in [0.5, 0.6) is 11.5 Å². The molecule has 34 heavy (non-hydrogen) atoms. The number of likely N-dealkylation sites (N-methyl/N-ethyl adjacent to an activating group) is 1. The van der Waals surface area contributed by atoms with Crippen LogP contribution in [-0.4, -0.2) is 29.6 Å². The number of rotatable bonds is 7. The summed E-state index contributed by atoms with van der Waals surface area (Å²) in [4.78, 5) is 20.1. The Morgan fingerprint density at radius 1 is 1.06 bits per heavy atom. The van der Waals surface area contributed by atoms with Crippen LogP contribution in [0.1, 0.15) is 23.6 Å². The number of thioether (sulfide) groups is 1. The summed E-state index contributed by atoms with van der Waals surface area (Å²) in [5.74, 6) is 1.41. The van der Waals surface area contributed by atoms with E-state index in [9.17, 15) is 4.79 Å². The summed E-state index contributed by atoms with van der Waals surface area (Å²) in [5, 5.41) is 0.654. The number of aryl methyl sites for hydroxylation is 1. The van der Waals surface area contributed by atoms with Crippen LogP contribution >= 0.6 is 27.7 Å². The second kappa shape index (κ2) is 10.9. The molecule has 1 aliphatic heterocycles.